The number of halogens is 1. The van der Waals surface area contributed by atoms with Crippen molar-refractivity contribution in [3.05, 3.63) is 28.9 Å². The minimum Gasteiger partial charge on any atom is -0.495 e. The molecule has 0 bridgehead atoms. The van der Waals surface area contributed by atoms with E-state index in [1.165, 1.54) is 35.9 Å². The lowest BCUT2D eigenvalue weighted by molar-refractivity contribution is -0.138. The molecule has 1 aromatic heterocycles. The molecule has 168 valence electrons. The Hall–Kier alpha value is -1.78. The molecule has 3 rings (SSSR count). The molecule has 2 aromatic rings. The van der Waals surface area contributed by atoms with E-state index >= 15 is 0 Å². The van der Waals surface area contributed by atoms with Crippen LogP contribution in [0.2, 0.25) is 0 Å². The number of aromatic nitrogens is 1. The number of rotatable bonds is 8. The van der Waals surface area contributed by atoms with E-state index in [1.54, 1.807) is 32.1 Å². The first-order chi connectivity index (χ1) is 14.7. The third-order valence-corrected chi connectivity index (χ3v) is 8.03. The standard InChI is InChI=1S/C21H26BrN3O4S2/c1-21(2,18(26)27)31-17-11-23-19(30-17)24-20(28)25(12-13-6-4-5-7-13)14-8-9-15(22)16(10-14)29-3/h8-11,13H,4-7,12H2,1-3H3,(H,26,27)(H,23,24,28). The van der Waals surface area contributed by atoms with Crippen molar-refractivity contribution in [2.45, 2.75) is 48.5 Å². The van der Waals surface area contributed by atoms with Crippen LogP contribution in [0.25, 0.3) is 0 Å². The van der Waals surface area contributed by atoms with Crippen LogP contribution >= 0.6 is 39.0 Å². The normalized spacial score (nSPS) is 14.5. The SMILES string of the molecule is COc1cc(N(CC2CCCC2)C(=O)Nc2ncc(SC(C)(C)C(=O)O)s2)ccc1Br. The molecule has 1 aromatic carbocycles. The van der Waals surface area contributed by atoms with Crippen molar-refractivity contribution in [2.24, 2.45) is 5.92 Å². The number of hydrogen-bond acceptors (Lipinski definition) is 6. The summed E-state index contributed by atoms with van der Waals surface area (Å²) in [5, 5.41) is 12.6. The first kappa shape index (κ1) is 23.9. The number of benzene rings is 1. The van der Waals surface area contributed by atoms with Crippen molar-refractivity contribution in [1.82, 2.24) is 4.98 Å². The van der Waals surface area contributed by atoms with Crippen LogP contribution in [0, 0.1) is 5.92 Å². The van der Waals surface area contributed by atoms with Crippen LogP contribution < -0.4 is 15.0 Å². The maximum Gasteiger partial charge on any atom is 0.328 e. The van der Waals surface area contributed by atoms with E-state index in [4.69, 9.17) is 4.74 Å². The number of nitrogens with one attached hydrogen (secondary N) is 1. The van der Waals surface area contributed by atoms with Crippen molar-refractivity contribution < 1.29 is 19.4 Å². The molecule has 7 nitrogen and oxygen atoms in total. The first-order valence-electron chi connectivity index (χ1n) is 10.00. The van der Waals surface area contributed by atoms with Crippen LogP contribution in [0.1, 0.15) is 39.5 Å². The highest BCUT2D eigenvalue weighted by atomic mass is 79.9. The van der Waals surface area contributed by atoms with Gasteiger partial charge in [0, 0.05) is 18.3 Å². The van der Waals surface area contributed by atoms with Crippen LogP contribution in [0.4, 0.5) is 15.6 Å². The number of amides is 2. The zero-order valence-electron chi connectivity index (χ0n) is 17.7. The van der Waals surface area contributed by atoms with Gasteiger partial charge in [-0.2, -0.15) is 0 Å². The highest BCUT2D eigenvalue weighted by Crippen LogP contribution is 2.38. The molecule has 0 atom stereocenters. The third-order valence-electron chi connectivity index (χ3n) is 5.18. The number of carbonyl (C=O) groups excluding carboxylic acids is 1. The Kier molecular flexibility index (Phi) is 7.87. The molecule has 0 aliphatic heterocycles. The van der Waals surface area contributed by atoms with Gasteiger partial charge in [-0.15, -0.1) is 0 Å². The Balaban J connectivity index is 1.78. The lowest BCUT2D eigenvalue weighted by Gasteiger charge is -2.26. The molecular weight excluding hydrogens is 502 g/mol. The number of urea groups is 1. The average Bonchev–Trinajstić information content (AvgIpc) is 3.38. The largest absolute Gasteiger partial charge is 0.495 e. The number of carboxylic acid groups (broad SMARTS) is 1. The molecule has 1 fully saturated rings. The molecule has 1 heterocycles. The van der Waals surface area contributed by atoms with E-state index in [-0.39, 0.29) is 6.03 Å². The van der Waals surface area contributed by atoms with Crippen LogP contribution in [-0.4, -0.2) is 40.5 Å². The van der Waals surface area contributed by atoms with Gasteiger partial charge in [0.2, 0.25) is 0 Å². The van der Waals surface area contributed by atoms with Crippen LogP contribution in [0.5, 0.6) is 5.75 Å². The highest BCUT2D eigenvalue weighted by Gasteiger charge is 2.30. The second-order valence-electron chi connectivity index (χ2n) is 7.91. The monoisotopic (exact) mass is 527 g/mol. The number of anilines is 2. The molecule has 0 unspecified atom stereocenters. The average molecular weight is 528 g/mol. The number of ether oxygens (including phenoxy) is 1. The predicted octanol–water partition coefficient (Wildman–Crippen LogP) is 6.10. The maximum atomic E-state index is 13.2. The molecule has 10 heteroatoms. The molecule has 2 amide bonds. The van der Waals surface area contributed by atoms with Crippen molar-refractivity contribution in [2.75, 3.05) is 23.9 Å². The fourth-order valence-corrected chi connectivity index (χ4v) is 6.06. The first-order valence-corrected chi connectivity index (χ1v) is 12.4. The van der Waals surface area contributed by atoms with Gasteiger partial charge < -0.3 is 9.84 Å². The van der Waals surface area contributed by atoms with Gasteiger partial charge in [-0.25, -0.2) is 9.78 Å². The molecule has 1 aliphatic carbocycles. The minimum absolute atomic E-state index is 0.264. The van der Waals surface area contributed by atoms with E-state index < -0.39 is 10.7 Å². The van der Waals surface area contributed by atoms with Gasteiger partial charge in [-0.1, -0.05) is 35.9 Å². The number of nitrogens with zero attached hydrogens (tertiary/aromatic N) is 2. The second kappa shape index (κ2) is 10.2. The molecule has 0 radical (unpaired) electrons. The summed E-state index contributed by atoms with van der Waals surface area (Å²) in [5.74, 6) is 0.216. The fourth-order valence-electron chi connectivity index (χ4n) is 3.39. The van der Waals surface area contributed by atoms with Crippen LogP contribution in [-0.2, 0) is 4.79 Å². The lowest BCUT2D eigenvalue weighted by Crippen LogP contribution is -2.38. The summed E-state index contributed by atoms with van der Waals surface area (Å²) in [6.07, 6.45) is 6.20. The number of carbonyl (C=O) groups is 2. The second-order valence-corrected chi connectivity index (χ2v) is 11.7. The topological polar surface area (TPSA) is 91.8 Å². The highest BCUT2D eigenvalue weighted by molar-refractivity contribution is 9.10. The smallest absolute Gasteiger partial charge is 0.328 e. The van der Waals surface area contributed by atoms with Gasteiger partial charge in [-0.05, 0) is 60.7 Å². The third kappa shape index (κ3) is 6.14. The maximum absolute atomic E-state index is 13.2. The van der Waals surface area contributed by atoms with Crippen molar-refractivity contribution >= 4 is 61.8 Å². The molecular formula is C21H26BrN3O4S2. The molecule has 2 N–H and O–H groups in total. The molecule has 0 saturated heterocycles. The van der Waals surface area contributed by atoms with Crippen LogP contribution in [0.15, 0.2) is 33.1 Å². The summed E-state index contributed by atoms with van der Waals surface area (Å²) in [4.78, 5) is 30.6. The Bertz CT molecular complexity index is 944. The van der Waals surface area contributed by atoms with Gasteiger partial charge in [-0.3, -0.25) is 15.0 Å². The Morgan fingerprint density at radius 1 is 1.39 bits per heavy atom. The van der Waals surface area contributed by atoms with E-state index in [9.17, 15) is 14.7 Å². The Morgan fingerprint density at radius 2 is 2.10 bits per heavy atom. The summed E-state index contributed by atoms with van der Waals surface area (Å²) in [6, 6.07) is 5.34. The van der Waals surface area contributed by atoms with Gasteiger partial charge in [0.1, 0.15) is 10.5 Å². The van der Waals surface area contributed by atoms with E-state index in [2.05, 4.69) is 26.2 Å². The van der Waals surface area contributed by atoms with Gasteiger partial charge in [0.25, 0.3) is 0 Å². The Morgan fingerprint density at radius 3 is 2.74 bits per heavy atom. The number of methoxy groups -OCH3 is 1. The van der Waals surface area contributed by atoms with Crippen molar-refractivity contribution in [3.63, 3.8) is 0 Å². The van der Waals surface area contributed by atoms with E-state index in [1.807, 2.05) is 18.2 Å². The van der Waals surface area contributed by atoms with E-state index in [0.29, 0.717) is 23.3 Å². The molecule has 1 aliphatic rings. The summed E-state index contributed by atoms with van der Waals surface area (Å²) in [7, 11) is 1.60. The summed E-state index contributed by atoms with van der Waals surface area (Å²) >= 11 is 5.94. The zero-order valence-corrected chi connectivity index (χ0v) is 20.9. The number of thioether (sulfide) groups is 1. The summed E-state index contributed by atoms with van der Waals surface area (Å²) in [6.45, 7) is 3.90. The summed E-state index contributed by atoms with van der Waals surface area (Å²) in [5.41, 5.74) is 0.752. The minimum atomic E-state index is -0.976. The summed E-state index contributed by atoms with van der Waals surface area (Å²) < 4.78 is 5.98. The van der Waals surface area contributed by atoms with Gasteiger partial charge in [0.15, 0.2) is 5.13 Å². The lowest BCUT2D eigenvalue weighted by atomic mass is 10.1. The van der Waals surface area contributed by atoms with E-state index in [0.717, 1.165) is 27.2 Å². The molecule has 31 heavy (non-hydrogen) atoms. The number of aliphatic carboxylic acids is 1. The molecule has 0 spiro atoms. The quantitative estimate of drug-likeness (QED) is 0.403. The predicted molar refractivity (Wildman–Crippen MR) is 129 cm³/mol. The molecule has 1 saturated carbocycles. The Labute approximate surface area is 198 Å². The zero-order chi connectivity index (χ0) is 22.6. The van der Waals surface area contributed by atoms with Crippen molar-refractivity contribution in [3.8, 4) is 5.75 Å². The fraction of sp³-hybridized carbons (Fsp3) is 0.476. The number of carboxylic acids is 1. The van der Waals surface area contributed by atoms with Gasteiger partial charge in [0.05, 0.1) is 22.0 Å². The number of thiazole rings is 1. The van der Waals surface area contributed by atoms with Crippen LogP contribution in [0.3, 0.4) is 0 Å². The number of hydrogen-bond donors (Lipinski definition) is 2. The van der Waals surface area contributed by atoms with Crippen molar-refractivity contribution in [1.29, 1.82) is 0 Å². The van der Waals surface area contributed by atoms with Gasteiger partial charge >= 0.3 is 12.0 Å².